The van der Waals surface area contributed by atoms with Crippen LogP contribution >= 0.6 is 11.3 Å². The third-order valence-corrected chi connectivity index (χ3v) is 6.33. The summed E-state index contributed by atoms with van der Waals surface area (Å²) in [5.74, 6) is 0.503. The minimum Gasteiger partial charge on any atom is -0.444 e. The fourth-order valence-electron chi connectivity index (χ4n) is 3.39. The average molecular weight is 450 g/mol. The van der Waals surface area contributed by atoms with E-state index in [9.17, 15) is 14.4 Å². The molecule has 0 spiro atoms. The molecule has 10 heteroatoms. The normalized spacial score (nSPS) is 20.5. The van der Waals surface area contributed by atoms with Gasteiger partial charge in [0.1, 0.15) is 23.1 Å². The van der Waals surface area contributed by atoms with Gasteiger partial charge in [-0.25, -0.2) is 9.79 Å². The van der Waals surface area contributed by atoms with Crippen molar-refractivity contribution >= 4 is 40.0 Å². The zero-order chi connectivity index (χ0) is 22.9. The first-order chi connectivity index (χ1) is 14.5. The number of nitrogens with zero attached hydrogens (tertiary/aromatic N) is 1. The number of ketones is 1. The van der Waals surface area contributed by atoms with Crippen LogP contribution < -0.4 is 21.3 Å². The van der Waals surface area contributed by atoms with Crippen molar-refractivity contribution in [3.8, 4) is 0 Å². The van der Waals surface area contributed by atoms with E-state index in [1.807, 2.05) is 13.8 Å². The maximum atomic E-state index is 12.9. The molecule has 2 heterocycles. The number of ether oxygens (including phenoxy) is 1. The first-order valence-electron chi connectivity index (χ1n) is 10.5. The molecule has 3 rings (SSSR count). The topological polar surface area (TPSA) is 121 Å². The summed E-state index contributed by atoms with van der Waals surface area (Å²) in [6, 6.07) is -0.570. The molecule has 9 nitrogen and oxygen atoms in total. The summed E-state index contributed by atoms with van der Waals surface area (Å²) in [7, 11) is 0. The number of amidine groups is 1. The molecule has 1 aromatic heterocycles. The summed E-state index contributed by atoms with van der Waals surface area (Å²) in [4.78, 5) is 41.7. The van der Waals surface area contributed by atoms with E-state index >= 15 is 0 Å². The SMILES string of the molecule is CCC(NC1=NCNc2sc(C(=O)NC3CC3NC(=O)OC(C)(C)C)c(C)c21)C(C)=O. The summed E-state index contributed by atoms with van der Waals surface area (Å²) >= 11 is 1.37. The quantitative estimate of drug-likeness (QED) is 0.530. The highest BCUT2D eigenvalue weighted by molar-refractivity contribution is 7.18. The van der Waals surface area contributed by atoms with Crippen LogP contribution in [0.3, 0.4) is 0 Å². The molecule has 3 unspecified atom stereocenters. The number of hydrogen-bond acceptors (Lipinski definition) is 8. The standard InChI is InChI=1S/C21H31N5O4S/c1-7-12(11(3)27)24-17-15-10(2)16(31-19(15)23-9-22-17)18(28)25-13-8-14(13)26-20(29)30-21(4,5)6/h12-14,23H,7-9H2,1-6H3,(H,22,24)(H,25,28)(H,26,29). The number of amides is 2. The van der Waals surface area contributed by atoms with Gasteiger partial charge in [0, 0.05) is 0 Å². The lowest BCUT2D eigenvalue weighted by molar-refractivity contribution is -0.118. The Bertz CT molecular complexity index is 918. The molecule has 1 aliphatic carbocycles. The van der Waals surface area contributed by atoms with Crippen LogP contribution in [0.5, 0.6) is 0 Å². The molecule has 2 amide bonds. The molecule has 0 radical (unpaired) electrons. The maximum absolute atomic E-state index is 12.9. The fourth-order valence-corrected chi connectivity index (χ4v) is 4.49. The number of Topliss-reactive ketones (excluding diaryl/α,β-unsaturated/α-hetero) is 1. The lowest BCUT2D eigenvalue weighted by atomic mass is 10.1. The van der Waals surface area contributed by atoms with Gasteiger partial charge in [-0.3, -0.25) is 9.59 Å². The van der Waals surface area contributed by atoms with Gasteiger partial charge in [-0.15, -0.1) is 11.3 Å². The second-order valence-corrected chi connectivity index (χ2v) is 9.91. The van der Waals surface area contributed by atoms with E-state index in [0.29, 0.717) is 30.2 Å². The summed E-state index contributed by atoms with van der Waals surface area (Å²) in [5.41, 5.74) is 1.08. The Balaban J connectivity index is 1.65. The van der Waals surface area contributed by atoms with Crippen LogP contribution in [0, 0.1) is 6.92 Å². The molecule has 0 saturated heterocycles. The van der Waals surface area contributed by atoms with Crippen LogP contribution in [-0.4, -0.2) is 54.0 Å². The lowest BCUT2D eigenvalue weighted by Gasteiger charge is -2.21. The molecular formula is C21H31N5O4S. The highest BCUT2D eigenvalue weighted by atomic mass is 32.1. The van der Waals surface area contributed by atoms with E-state index in [1.54, 1.807) is 27.7 Å². The maximum Gasteiger partial charge on any atom is 0.407 e. The van der Waals surface area contributed by atoms with Gasteiger partial charge in [-0.1, -0.05) is 6.92 Å². The number of carbonyl (C=O) groups excluding carboxylic acids is 3. The van der Waals surface area contributed by atoms with E-state index in [2.05, 4.69) is 26.3 Å². The number of fused-ring (bicyclic) bond motifs is 1. The Hall–Kier alpha value is -2.62. The molecule has 1 saturated carbocycles. The molecule has 170 valence electrons. The summed E-state index contributed by atoms with van der Waals surface area (Å²) in [6.07, 6.45) is 0.837. The van der Waals surface area contributed by atoms with E-state index < -0.39 is 11.7 Å². The minimum atomic E-state index is -0.565. The lowest BCUT2D eigenvalue weighted by Crippen LogP contribution is -2.41. The van der Waals surface area contributed by atoms with Gasteiger partial charge in [-0.05, 0) is 53.0 Å². The van der Waals surface area contributed by atoms with Gasteiger partial charge in [-0.2, -0.15) is 0 Å². The molecule has 0 aromatic carbocycles. The van der Waals surface area contributed by atoms with E-state index in [1.165, 1.54) is 11.3 Å². The number of thiophene rings is 1. The molecule has 2 aliphatic rings. The molecule has 4 N–H and O–H groups in total. The van der Waals surface area contributed by atoms with Crippen LogP contribution in [0.2, 0.25) is 0 Å². The number of alkyl carbamates (subject to hydrolysis) is 1. The Morgan fingerprint density at radius 1 is 1.26 bits per heavy atom. The van der Waals surface area contributed by atoms with Gasteiger partial charge >= 0.3 is 6.09 Å². The van der Waals surface area contributed by atoms with Crippen molar-refractivity contribution in [1.29, 1.82) is 0 Å². The summed E-state index contributed by atoms with van der Waals surface area (Å²) in [5, 5.41) is 13.1. The molecule has 1 aliphatic heterocycles. The largest absolute Gasteiger partial charge is 0.444 e. The first-order valence-corrected chi connectivity index (χ1v) is 11.3. The number of aliphatic imine (C=N–C) groups is 1. The number of carbonyl (C=O) groups is 3. The van der Waals surface area contributed by atoms with E-state index in [0.717, 1.165) is 16.1 Å². The van der Waals surface area contributed by atoms with Crippen molar-refractivity contribution in [3.63, 3.8) is 0 Å². The molecule has 1 aromatic rings. The molecule has 3 atom stereocenters. The van der Waals surface area contributed by atoms with Gasteiger partial charge in [0.2, 0.25) is 0 Å². The molecule has 31 heavy (non-hydrogen) atoms. The van der Waals surface area contributed by atoms with Crippen molar-refractivity contribution in [2.75, 3.05) is 12.0 Å². The van der Waals surface area contributed by atoms with Crippen LogP contribution in [0.4, 0.5) is 9.80 Å². The van der Waals surface area contributed by atoms with Crippen LogP contribution in [0.1, 0.15) is 68.3 Å². The predicted octanol–water partition coefficient (Wildman–Crippen LogP) is 2.54. The van der Waals surface area contributed by atoms with Gasteiger partial charge in [0.15, 0.2) is 5.78 Å². The zero-order valence-corrected chi connectivity index (χ0v) is 19.7. The minimum absolute atomic E-state index is 0.0494. The highest BCUT2D eigenvalue weighted by Crippen LogP contribution is 2.35. The fraction of sp³-hybridized carbons (Fsp3) is 0.619. The van der Waals surface area contributed by atoms with Gasteiger partial charge in [0.05, 0.1) is 28.6 Å². The van der Waals surface area contributed by atoms with Gasteiger partial charge in [0.25, 0.3) is 5.91 Å². The Labute approximate surface area is 186 Å². The Morgan fingerprint density at radius 3 is 2.55 bits per heavy atom. The van der Waals surface area contributed by atoms with Crippen molar-refractivity contribution in [2.24, 2.45) is 4.99 Å². The average Bonchev–Trinajstić information content (AvgIpc) is 3.27. The number of rotatable bonds is 6. The number of nitrogens with one attached hydrogen (secondary N) is 4. The molecular weight excluding hydrogens is 418 g/mol. The van der Waals surface area contributed by atoms with Crippen molar-refractivity contribution in [3.05, 3.63) is 16.0 Å². The smallest absolute Gasteiger partial charge is 0.407 e. The Morgan fingerprint density at radius 2 is 1.94 bits per heavy atom. The zero-order valence-electron chi connectivity index (χ0n) is 18.8. The van der Waals surface area contributed by atoms with Crippen LogP contribution in [-0.2, 0) is 9.53 Å². The van der Waals surface area contributed by atoms with Crippen molar-refractivity contribution < 1.29 is 19.1 Å². The molecule has 0 bridgehead atoms. The van der Waals surface area contributed by atoms with Crippen molar-refractivity contribution in [1.82, 2.24) is 16.0 Å². The third-order valence-electron chi connectivity index (χ3n) is 5.09. The monoisotopic (exact) mass is 449 g/mol. The highest BCUT2D eigenvalue weighted by Gasteiger charge is 2.41. The van der Waals surface area contributed by atoms with E-state index in [-0.39, 0.29) is 29.8 Å². The number of anilines is 1. The van der Waals surface area contributed by atoms with E-state index in [4.69, 9.17) is 4.74 Å². The van der Waals surface area contributed by atoms with Crippen LogP contribution in [0.25, 0.3) is 0 Å². The Kier molecular flexibility index (Phi) is 6.59. The first kappa shape index (κ1) is 23.1. The van der Waals surface area contributed by atoms with Gasteiger partial charge < -0.3 is 26.0 Å². The summed E-state index contributed by atoms with van der Waals surface area (Å²) in [6.45, 7) is 11.2. The van der Waals surface area contributed by atoms with Crippen LogP contribution in [0.15, 0.2) is 4.99 Å². The second-order valence-electron chi connectivity index (χ2n) is 8.89. The molecule has 1 fully saturated rings. The van der Waals surface area contributed by atoms with Crippen molar-refractivity contribution in [2.45, 2.75) is 78.1 Å². The third kappa shape index (κ3) is 5.55. The second kappa shape index (κ2) is 8.86. The predicted molar refractivity (Wildman–Crippen MR) is 121 cm³/mol. The summed E-state index contributed by atoms with van der Waals surface area (Å²) < 4.78 is 5.26. The number of hydrogen-bond donors (Lipinski definition) is 4.